The van der Waals surface area contributed by atoms with Gasteiger partial charge in [0.1, 0.15) is 6.04 Å². The van der Waals surface area contributed by atoms with Gasteiger partial charge in [0.15, 0.2) is 0 Å². The van der Waals surface area contributed by atoms with Crippen LogP contribution in [0.4, 0.5) is 5.69 Å². The molecule has 2 aliphatic heterocycles. The number of benzene rings is 1. The van der Waals surface area contributed by atoms with Crippen molar-refractivity contribution in [1.29, 1.82) is 0 Å². The van der Waals surface area contributed by atoms with Crippen LogP contribution >= 0.6 is 0 Å². The topological polar surface area (TPSA) is 64.1 Å². The number of anilines is 1. The zero-order valence-electron chi connectivity index (χ0n) is 15.0. The van der Waals surface area contributed by atoms with E-state index >= 15 is 0 Å². The van der Waals surface area contributed by atoms with Gasteiger partial charge in [-0.15, -0.1) is 0 Å². The molecule has 6 nitrogen and oxygen atoms in total. The maximum Gasteiger partial charge on any atom is 0.253 e. The molecule has 2 amide bonds. The summed E-state index contributed by atoms with van der Waals surface area (Å²) in [7, 11) is 3.67. The molecule has 2 heterocycles. The Balaban J connectivity index is 2.00. The molecule has 134 valence electrons. The Kier molecular flexibility index (Phi) is 4.77. The average molecular weight is 343 g/mol. The highest BCUT2D eigenvalue weighted by atomic mass is 16.3. The summed E-state index contributed by atoms with van der Waals surface area (Å²) in [6.45, 7) is 3.88. The van der Waals surface area contributed by atoms with Crippen molar-refractivity contribution in [3.05, 3.63) is 42.5 Å². The average Bonchev–Trinajstić information content (AvgIpc) is 2.85. The van der Waals surface area contributed by atoms with Crippen molar-refractivity contribution < 1.29 is 14.7 Å². The van der Waals surface area contributed by atoms with E-state index in [1.807, 2.05) is 57.2 Å². The number of aliphatic hydroxyl groups is 1. The van der Waals surface area contributed by atoms with Crippen LogP contribution in [0.25, 0.3) is 0 Å². The fourth-order valence-corrected chi connectivity index (χ4v) is 3.66. The van der Waals surface area contributed by atoms with Crippen molar-refractivity contribution in [1.82, 2.24) is 10.0 Å². The summed E-state index contributed by atoms with van der Waals surface area (Å²) >= 11 is 0. The quantitative estimate of drug-likeness (QED) is 0.659. The zero-order chi connectivity index (χ0) is 18.3. The van der Waals surface area contributed by atoms with Crippen molar-refractivity contribution >= 4 is 17.5 Å². The molecule has 4 atom stereocenters. The maximum atomic E-state index is 13.1. The van der Waals surface area contributed by atoms with Crippen LogP contribution in [0.2, 0.25) is 0 Å². The predicted octanol–water partition coefficient (Wildman–Crippen LogP) is 1.28. The van der Waals surface area contributed by atoms with Gasteiger partial charge in [-0.3, -0.25) is 9.59 Å². The fraction of sp³-hybridized carbons (Fsp3) is 0.474. The number of amides is 2. The van der Waals surface area contributed by atoms with E-state index in [-0.39, 0.29) is 23.8 Å². The second-order valence-electron chi connectivity index (χ2n) is 7.16. The van der Waals surface area contributed by atoms with Gasteiger partial charge in [0.05, 0.1) is 23.8 Å². The number of hydrogen-bond donors (Lipinski definition) is 1. The second kappa shape index (κ2) is 6.71. The van der Waals surface area contributed by atoms with Gasteiger partial charge in [0.25, 0.3) is 5.91 Å². The minimum absolute atomic E-state index is 0.0334. The van der Waals surface area contributed by atoms with Crippen LogP contribution < -0.4 is 4.90 Å². The number of nitrogens with zero attached hydrogens (tertiary/aromatic N) is 3. The van der Waals surface area contributed by atoms with Crippen LogP contribution in [0.3, 0.4) is 0 Å². The second-order valence-corrected chi connectivity index (χ2v) is 7.16. The Morgan fingerprint density at radius 2 is 1.68 bits per heavy atom. The summed E-state index contributed by atoms with van der Waals surface area (Å²) in [5.74, 6) is -0.973. The monoisotopic (exact) mass is 343 g/mol. The Morgan fingerprint density at radius 1 is 1.04 bits per heavy atom. The molecule has 3 rings (SSSR count). The lowest BCUT2D eigenvalue weighted by Gasteiger charge is -2.44. The Hall–Kier alpha value is -2.02. The van der Waals surface area contributed by atoms with E-state index in [1.165, 1.54) is 4.90 Å². The fourth-order valence-electron chi connectivity index (χ4n) is 3.66. The van der Waals surface area contributed by atoms with Crippen molar-refractivity contribution in [3.63, 3.8) is 0 Å². The molecule has 0 unspecified atom stereocenters. The summed E-state index contributed by atoms with van der Waals surface area (Å²) in [4.78, 5) is 27.3. The summed E-state index contributed by atoms with van der Waals surface area (Å²) in [6, 6.07) is 8.01. The number of hydrazine groups is 1. The van der Waals surface area contributed by atoms with E-state index < -0.39 is 18.1 Å². The van der Waals surface area contributed by atoms with Crippen LogP contribution in [0.1, 0.15) is 13.8 Å². The van der Waals surface area contributed by atoms with Crippen molar-refractivity contribution in [2.24, 2.45) is 11.8 Å². The smallest absolute Gasteiger partial charge is 0.253 e. The maximum absolute atomic E-state index is 13.1. The lowest BCUT2D eigenvalue weighted by atomic mass is 9.89. The normalized spacial score (nSPS) is 28.1. The van der Waals surface area contributed by atoms with Gasteiger partial charge in [-0.25, -0.2) is 14.9 Å². The van der Waals surface area contributed by atoms with E-state index in [2.05, 4.69) is 0 Å². The number of rotatable bonds is 4. The van der Waals surface area contributed by atoms with Gasteiger partial charge in [-0.1, -0.05) is 44.2 Å². The molecule has 1 aromatic rings. The first-order valence-corrected chi connectivity index (χ1v) is 8.59. The Labute approximate surface area is 148 Å². The van der Waals surface area contributed by atoms with Crippen LogP contribution in [0.5, 0.6) is 0 Å². The molecule has 0 bridgehead atoms. The number of fused-ring (bicyclic) bond motifs is 1. The third kappa shape index (κ3) is 2.90. The highest BCUT2D eigenvalue weighted by Gasteiger charge is 2.54. The molecule has 6 heteroatoms. The molecule has 0 saturated carbocycles. The molecule has 0 aliphatic carbocycles. The number of aliphatic hydroxyl groups excluding tert-OH is 1. The third-order valence-corrected chi connectivity index (χ3v) is 4.93. The minimum atomic E-state index is -0.633. The molecule has 0 spiro atoms. The van der Waals surface area contributed by atoms with E-state index in [1.54, 1.807) is 23.2 Å². The van der Waals surface area contributed by atoms with Crippen LogP contribution in [0.15, 0.2) is 42.5 Å². The number of hydrogen-bond acceptors (Lipinski definition) is 5. The number of para-hydroxylation sites is 1. The number of imide groups is 1. The third-order valence-electron chi connectivity index (χ3n) is 4.93. The molecular formula is C19H25N3O3. The van der Waals surface area contributed by atoms with Crippen LogP contribution in [-0.2, 0) is 9.59 Å². The molecule has 1 aromatic carbocycles. The summed E-state index contributed by atoms with van der Waals surface area (Å²) in [5, 5.41) is 14.2. The predicted molar refractivity (Wildman–Crippen MR) is 95.5 cm³/mol. The molecule has 0 aromatic heterocycles. The lowest BCUT2D eigenvalue weighted by Crippen LogP contribution is -2.60. The Morgan fingerprint density at radius 3 is 2.24 bits per heavy atom. The van der Waals surface area contributed by atoms with E-state index in [0.29, 0.717) is 5.69 Å². The molecule has 25 heavy (non-hydrogen) atoms. The number of carbonyl (C=O) groups is 2. The number of carbonyl (C=O) groups excluding carboxylic acids is 2. The van der Waals surface area contributed by atoms with Crippen molar-refractivity contribution in [2.75, 3.05) is 19.0 Å². The molecule has 1 saturated heterocycles. The van der Waals surface area contributed by atoms with E-state index in [0.717, 1.165) is 0 Å². The highest BCUT2D eigenvalue weighted by Crippen LogP contribution is 2.36. The van der Waals surface area contributed by atoms with Gasteiger partial charge < -0.3 is 5.11 Å². The summed E-state index contributed by atoms with van der Waals surface area (Å²) in [6.07, 6.45) is 3.00. The van der Waals surface area contributed by atoms with Crippen molar-refractivity contribution in [2.45, 2.75) is 32.0 Å². The minimum Gasteiger partial charge on any atom is -0.391 e. The SMILES string of the molecule is CC(C)[C@H](O)[C@H]1C=C[C@H]2C(=O)N(c3ccccc3)C(=O)[C@H]2N1N(C)C. The van der Waals surface area contributed by atoms with Gasteiger partial charge >= 0.3 is 0 Å². The molecular weight excluding hydrogens is 318 g/mol. The largest absolute Gasteiger partial charge is 0.391 e. The van der Waals surface area contributed by atoms with Gasteiger partial charge in [-0.05, 0) is 18.1 Å². The standard InChI is InChI=1S/C19H25N3O3/c1-12(2)17(23)15-11-10-14-16(22(15)20(3)4)19(25)21(18(14)24)13-8-6-5-7-9-13/h5-12,14-17,23H,1-4H3/t14-,15-,16+,17+/m1/s1. The van der Waals surface area contributed by atoms with Gasteiger partial charge in [-0.2, -0.15) is 0 Å². The summed E-state index contributed by atoms with van der Waals surface area (Å²) < 4.78 is 0. The molecule has 2 aliphatic rings. The van der Waals surface area contributed by atoms with Crippen molar-refractivity contribution in [3.8, 4) is 0 Å². The van der Waals surface area contributed by atoms with Gasteiger partial charge in [0.2, 0.25) is 5.91 Å². The van der Waals surface area contributed by atoms with Crippen LogP contribution in [-0.4, -0.2) is 59.2 Å². The first kappa shape index (κ1) is 17.8. The van der Waals surface area contributed by atoms with Gasteiger partial charge in [0, 0.05) is 14.1 Å². The molecule has 0 radical (unpaired) electrons. The molecule has 1 N–H and O–H groups in total. The first-order chi connectivity index (χ1) is 11.8. The summed E-state index contributed by atoms with van der Waals surface area (Å²) in [5.41, 5.74) is 0.583. The lowest BCUT2D eigenvalue weighted by molar-refractivity contribution is -0.140. The Bertz CT molecular complexity index is 686. The molecule has 1 fully saturated rings. The van der Waals surface area contributed by atoms with E-state index in [9.17, 15) is 14.7 Å². The highest BCUT2D eigenvalue weighted by molar-refractivity contribution is 6.24. The van der Waals surface area contributed by atoms with Crippen LogP contribution in [0, 0.1) is 11.8 Å². The first-order valence-electron chi connectivity index (χ1n) is 8.59. The zero-order valence-corrected chi connectivity index (χ0v) is 15.0. The van der Waals surface area contributed by atoms with E-state index in [4.69, 9.17) is 0 Å².